The summed E-state index contributed by atoms with van der Waals surface area (Å²) in [4.78, 5) is 11.9. The van der Waals surface area contributed by atoms with Gasteiger partial charge in [-0.3, -0.25) is 4.79 Å². The van der Waals surface area contributed by atoms with Gasteiger partial charge in [0.1, 0.15) is 11.3 Å². The number of aromatic nitrogens is 1. The minimum atomic E-state index is -0.144. The zero-order valence-electron chi connectivity index (χ0n) is 11.4. The SMILES string of the molecule is CC=C(C=CCNC(=O)c1c(C)noc1C)CC. The summed E-state index contributed by atoms with van der Waals surface area (Å²) in [6.07, 6.45) is 7.01. The topological polar surface area (TPSA) is 55.1 Å². The number of amides is 1. The molecule has 0 fully saturated rings. The van der Waals surface area contributed by atoms with Gasteiger partial charge in [-0.2, -0.15) is 0 Å². The standard InChI is InChI=1S/C14H20N2O2/c1-5-12(6-2)8-7-9-15-14(17)13-10(3)16-18-11(13)4/h5,7-8H,6,9H2,1-4H3,(H,15,17). The summed E-state index contributed by atoms with van der Waals surface area (Å²) in [5.41, 5.74) is 2.41. The minimum Gasteiger partial charge on any atom is -0.361 e. The molecule has 1 rings (SSSR count). The van der Waals surface area contributed by atoms with Gasteiger partial charge in [-0.15, -0.1) is 0 Å². The van der Waals surface area contributed by atoms with Crippen LogP contribution in [0.1, 0.15) is 42.1 Å². The number of carbonyl (C=O) groups is 1. The predicted molar refractivity (Wildman–Crippen MR) is 71.5 cm³/mol. The van der Waals surface area contributed by atoms with Crippen molar-refractivity contribution in [1.29, 1.82) is 0 Å². The van der Waals surface area contributed by atoms with Crippen molar-refractivity contribution in [2.24, 2.45) is 0 Å². The van der Waals surface area contributed by atoms with Crippen LogP contribution in [0, 0.1) is 13.8 Å². The molecule has 0 atom stereocenters. The highest BCUT2D eigenvalue weighted by Gasteiger charge is 2.16. The first-order chi connectivity index (χ1) is 8.60. The molecule has 0 aliphatic rings. The van der Waals surface area contributed by atoms with Crippen molar-refractivity contribution in [3.8, 4) is 0 Å². The van der Waals surface area contributed by atoms with Crippen molar-refractivity contribution in [1.82, 2.24) is 10.5 Å². The molecule has 0 spiro atoms. The molecule has 0 aliphatic carbocycles. The van der Waals surface area contributed by atoms with E-state index in [1.54, 1.807) is 13.8 Å². The summed E-state index contributed by atoms with van der Waals surface area (Å²) in [7, 11) is 0. The van der Waals surface area contributed by atoms with Gasteiger partial charge in [-0.1, -0.05) is 35.9 Å². The highest BCUT2D eigenvalue weighted by atomic mass is 16.5. The number of nitrogens with one attached hydrogen (secondary N) is 1. The molecule has 1 N–H and O–H groups in total. The van der Waals surface area contributed by atoms with E-state index in [4.69, 9.17) is 4.52 Å². The average molecular weight is 248 g/mol. The third-order valence-corrected chi connectivity index (χ3v) is 2.75. The van der Waals surface area contributed by atoms with Crippen molar-refractivity contribution >= 4 is 5.91 Å². The Bertz CT molecular complexity index is 451. The van der Waals surface area contributed by atoms with Gasteiger partial charge in [0.05, 0.1) is 5.69 Å². The lowest BCUT2D eigenvalue weighted by atomic mass is 10.2. The molecule has 4 nitrogen and oxygen atoms in total. The maximum atomic E-state index is 11.9. The molecule has 0 aliphatic heterocycles. The third kappa shape index (κ3) is 3.58. The monoisotopic (exact) mass is 248 g/mol. The van der Waals surface area contributed by atoms with Crippen LogP contribution in [-0.2, 0) is 0 Å². The van der Waals surface area contributed by atoms with Gasteiger partial charge in [0, 0.05) is 6.54 Å². The largest absolute Gasteiger partial charge is 0.361 e. The fourth-order valence-corrected chi connectivity index (χ4v) is 1.68. The van der Waals surface area contributed by atoms with Crippen molar-refractivity contribution in [3.63, 3.8) is 0 Å². The second kappa shape index (κ2) is 6.79. The first kappa shape index (κ1) is 14.2. The summed E-state index contributed by atoms with van der Waals surface area (Å²) in [5, 5.41) is 6.57. The molecule has 0 radical (unpaired) electrons. The van der Waals surface area contributed by atoms with Crippen LogP contribution >= 0.6 is 0 Å². The number of allylic oxidation sites excluding steroid dienone is 3. The predicted octanol–water partition coefficient (Wildman–Crippen LogP) is 2.93. The Morgan fingerprint density at radius 3 is 2.67 bits per heavy atom. The molecule has 18 heavy (non-hydrogen) atoms. The summed E-state index contributed by atoms with van der Waals surface area (Å²) >= 11 is 0. The number of hydrogen-bond acceptors (Lipinski definition) is 3. The van der Waals surface area contributed by atoms with Gasteiger partial charge in [-0.05, 0) is 27.2 Å². The smallest absolute Gasteiger partial charge is 0.257 e. The van der Waals surface area contributed by atoms with Crippen LogP contribution in [0.5, 0.6) is 0 Å². The minimum absolute atomic E-state index is 0.144. The van der Waals surface area contributed by atoms with E-state index < -0.39 is 0 Å². The lowest BCUT2D eigenvalue weighted by Gasteiger charge is -2.01. The number of nitrogens with zero attached hydrogens (tertiary/aromatic N) is 1. The zero-order chi connectivity index (χ0) is 13.5. The summed E-state index contributed by atoms with van der Waals surface area (Å²) in [6, 6.07) is 0. The summed E-state index contributed by atoms with van der Waals surface area (Å²) in [6.45, 7) is 8.10. The Hall–Kier alpha value is -1.84. The van der Waals surface area contributed by atoms with Gasteiger partial charge in [0.25, 0.3) is 5.91 Å². The Labute approximate surface area is 108 Å². The molecule has 1 aromatic heterocycles. The van der Waals surface area contributed by atoms with Crippen LogP contribution in [0.15, 0.2) is 28.3 Å². The Kier molecular flexibility index (Phi) is 5.36. The molecule has 98 valence electrons. The van der Waals surface area contributed by atoms with Crippen molar-refractivity contribution < 1.29 is 9.32 Å². The van der Waals surface area contributed by atoms with Crippen molar-refractivity contribution in [3.05, 3.63) is 40.8 Å². The highest BCUT2D eigenvalue weighted by molar-refractivity contribution is 5.96. The molecule has 0 aromatic carbocycles. The molecule has 1 heterocycles. The van der Waals surface area contributed by atoms with Crippen molar-refractivity contribution in [2.45, 2.75) is 34.1 Å². The van der Waals surface area contributed by atoms with E-state index in [9.17, 15) is 4.79 Å². The first-order valence-corrected chi connectivity index (χ1v) is 6.12. The Morgan fingerprint density at radius 1 is 1.44 bits per heavy atom. The van der Waals surface area contributed by atoms with E-state index in [-0.39, 0.29) is 5.91 Å². The Morgan fingerprint density at radius 2 is 2.17 bits per heavy atom. The fourth-order valence-electron chi connectivity index (χ4n) is 1.68. The van der Waals surface area contributed by atoms with Crippen LogP contribution in [0.3, 0.4) is 0 Å². The van der Waals surface area contributed by atoms with E-state index in [0.717, 1.165) is 6.42 Å². The zero-order valence-corrected chi connectivity index (χ0v) is 11.4. The van der Waals surface area contributed by atoms with E-state index in [0.29, 0.717) is 23.6 Å². The fraction of sp³-hybridized carbons (Fsp3) is 0.429. The lowest BCUT2D eigenvalue weighted by molar-refractivity contribution is 0.0956. The van der Waals surface area contributed by atoms with Gasteiger partial charge in [-0.25, -0.2) is 0 Å². The van der Waals surface area contributed by atoms with E-state index in [2.05, 4.69) is 23.5 Å². The van der Waals surface area contributed by atoms with Gasteiger partial charge >= 0.3 is 0 Å². The number of rotatable bonds is 5. The van der Waals surface area contributed by atoms with Gasteiger partial charge < -0.3 is 9.84 Å². The van der Waals surface area contributed by atoms with Crippen LogP contribution in [0.25, 0.3) is 0 Å². The highest BCUT2D eigenvalue weighted by Crippen LogP contribution is 2.11. The normalized spacial score (nSPS) is 12.1. The van der Waals surface area contributed by atoms with E-state index in [1.807, 2.05) is 19.1 Å². The number of aryl methyl sites for hydroxylation is 2. The second-order valence-electron chi connectivity index (χ2n) is 4.03. The quantitative estimate of drug-likeness (QED) is 0.815. The molecular formula is C14H20N2O2. The molecule has 0 saturated carbocycles. The number of carbonyl (C=O) groups excluding carboxylic acids is 1. The van der Waals surface area contributed by atoms with Crippen LogP contribution in [0.2, 0.25) is 0 Å². The van der Waals surface area contributed by atoms with Crippen LogP contribution in [-0.4, -0.2) is 17.6 Å². The molecule has 0 unspecified atom stereocenters. The van der Waals surface area contributed by atoms with Crippen molar-refractivity contribution in [2.75, 3.05) is 6.54 Å². The summed E-state index contributed by atoms with van der Waals surface area (Å²) in [5.74, 6) is 0.408. The third-order valence-electron chi connectivity index (χ3n) is 2.75. The average Bonchev–Trinajstić information content (AvgIpc) is 2.69. The van der Waals surface area contributed by atoms with Crippen LogP contribution < -0.4 is 5.32 Å². The molecule has 4 heteroatoms. The van der Waals surface area contributed by atoms with E-state index in [1.165, 1.54) is 5.57 Å². The maximum Gasteiger partial charge on any atom is 0.257 e. The molecule has 1 amide bonds. The maximum absolute atomic E-state index is 11.9. The number of hydrogen-bond donors (Lipinski definition) is 1. The second-order valence-corrected chi connectivity index (χ2v) is 4.03. The van der Waals surface area contributed by atoms with Gasteiger partial charge in [0.15, 0.2) is 0 Å². The molecule has 0 bridgehead atoms. The molecular weight excluding hydrogens is 228 g/mol. The molecule has 0 saturated heterocycles. The van der Waals surface area contributed by atoms with E-state index >= 15 is 0 Å². The first-order valence-electron chi connectivity index (χ1n) is 6.12. The molecule has 1 aromatic rings. The van der Waals surface area contributed by atoms with Gasteiger partial charge in [0.2, 0.25) is 0 Å². The summed E-state index contributed by atoms with van der Waals surface area (Å²) < 4.78 is 4.96. The van der Waals surface area contributed by atoms with Crippen LogP contribution in [0.4, 0.5) is 0 Å². The Balaban J connectivity index is 2.53. The lowest BCUT2D eigenvalue weighted by Crippen LogP contribution is -2.24.